The van der Waals surface area contributed by atoms with Crippen LogP contribution in [0.15, 0.2) is 0 Å². The molecule has 0 aromatic carbocycles. The van der Waals surface area contributed by atoms with Crippen molar-refractivity contribution in [1.29, 1.82) is 0 Å². The zero-order valence-corrected chi connectivity index (χ0v) is 8.32. The van der Waals surface area contributed by atoms with E-state index >= 15 is 0 Å². The van der Waals surface area contributed by atoms with Gasteiger partial charge >= 0.3 is 0 Å². The maximum atomic E-state index is 13.3. The van der Waals surface area contributed by atoms with E-state index in [0.717, 1.165) is 0 Å². The van der Waals surface area contributed by atoms with Gasteiger partial charge in [-0.1, -0.05) is 13.8 Å². The summed E-state index contributed by atoms with van der Waals surface area (Å²) in [5, 5.41) is 0. The Morgan fingerprint density at radius 3 is 2.58 bits per heavy atom. The highest BCUT2D eigenvalue weighted by Crippen LogP contribution is 2.37. The third kappa shape index (κ3) is 1.79. The Balaban J connectivity index is 2.79. The lowest BCUT2D eigenvalue weighted by Crippen LogP contribution is -2.41. The summed E-state index contributed by atoms with van der Waals surface area (Å²) >= 11 is 0. The molecule has 0 aromatic rings. The van der Waals surface area contributed by atoms with Crippen LogP contribution in [0.1, 0.15) is 26.7 Å². The lowest BCUT2D eigenvalue weighted by atomic mass is 9.80. The van der Waals surface area contributed by atoms with E-state index in [9.17, 15) is 12.8 Å². The van der Waals surface area contributed by atoms with Gasteiger partial charge in [-0.05, 0) is 12.8 Å². The number of rotatable bonds is 1. The molecule has 1 aliphatic rings. The van der Waals surface area contributed by atoms with Crippen molar-refractivity contribution in [3.05, 3.63) is 0 Å². The van der Waals surface area contributed by atoms with E-state index in [1.54, 1.807) is 0 Å². The van der Waals surface area contributed by atoms with Crippen molar-refractivity contribution >= 4 is 9.84 Å². The maximum Gasteiger partial charge on any atom is 0.153 e. The molecule has 1 aliphatic heterocycles. The molecular formula is C8H15FO2S. The van der Waals surface area contributed by atoms with Gasteiger partial charge in [0.05, 0.1) is 11.5 Å². The molecule has 72 valence electrons. The summed E-state index contributed by atoms with van der Waals surface area (Å²) in [6, 6.07) is 0. The van der Waals surface area contributed by atoms with Crippen molar-refractivity contribution in [2.75, 3.05) is 11.5 Å². The Labute approximate surface area is 73.1 Å². The monoisotopic (exact) mass is 194 g/mol. The van der Waals surface area contributed by atoms with Crippen LogP contribution in [0.3, 0.4) is 0 Å². The molecule has 2 atom stereocenters. The van der Waals surface area contributed by atoms with Crippen LogP contribution >= 0.6 is 0 Å². The van der Waals surface area contributed by atoms with Gasteiger partial charge in [0, 0.05) is 5.41 Å². The Morgan fingerprint density at radius 1 is 1.58 bits per heavy atom. The summed E-state index contributed by atoms with van der Waals surface area (Å²) in [6.45, 7) is 3.73. The molecule has 0 amide bonds. The van der Waals surface area contributed by atoms with Crippen LogP contribution in [0.4, 0.5) is 4.39 Å². The van der Waals surface area contributed by atoms with Crippen LogP contribution in [0.5, 0.6) is 0 Å². The second-order valence-electron chi connectivity index (χ2n) is 3.84. The lowest BCUT2D eigenvalue weighted by molar-refractivity contribution is 0.125. The van der Waals surface area contributed by atoms with Crippen molar-refractivity contribution < 1.29 is 12.8 Å². The van der Waals surface area contributed by atoms with Gasteiger partial charge in [-0.3, -0.25) is 0 Å². The highest BCUT2D eigenvalue weighted by atomic mass is 32.2. The fourth-order valence-electron chi connectivity index (χ4n) is 1.45. The first-order valence-electron chi connectivity index (χ1n) is 4.24. The van der Waals surface area contributed by atoms with Crippen LogP contribution in [0, 0.1) is 5.41 Å². The van der Waals surface area contributed by atoms with Crippen molar-refractivity contribution in [3.63, 3.8) is 0 Å². The molecule has 1 rings (SSSR count). The fourth-order valence-corrected chi connectivity index (χ4v) is 3.24. The summed E-state index contributed by atoms with van der Waals surface area (Å²) in [5.41, 5.74) is -0.411. The van der Waals surface area contributed by atoms with Crippen LogP contribution in [-0.2, 0) is 9.84 Å². The van der Waals surface area contributed by atoms with E-state index in [2.05, 4.69) is 0 Å². The molecule has 1 fully saturated rings. The SMILES string of the molecule is CCC1(C)CCS(=O)(=O)CC1F. The third-order valence-corrected chi connectivity index (χ3v) is 4.57. The number of hydrogen-bond donors (Lipinski definition) is 0. The second-order valence-corrected chi connectivity index (χ2v) is 6.07. The molecule has 0 spiro atoms. The zero-order valence-electron chi connectivity index (χ0n) is 7.51. The molecule has 4 heteroatoms. The standard InChI is InChI=1S/C8H15FO2S/c1-3-8(2)4-5-12(10,11)6-7(8)9/h7H,3-6H2,1-2H3. The van der Waals surface area contributed by atoms with Crippen LogP contribution < -0.4 is 0 Å². The lowest BCUT2D eigenvalue weighted by Gasteiger charge is -2.35. The van der Waals surface area contributed by atoms with Gasteiger partial charge in [0.25, 0.3) is 0 Å². The molecule has 0 aliphatic carbocycles. The van der Waals surface area contributed by atoms with E-state index in [1.165, 1.54) is 0 Å². The Bertz CT molecular complexity index is 260. The second kappa shape index (κ2) is 2.98. The summed E-state index contributed by atoms with van der Waals surface area (Å²) in [7, 11) is -3.09. The van der Waals surface area contributed by atoms with Gasteiger partial charge in [-0.2, -0.15) is 0 Å². The zero-order chi connectivity index (χ0) is 9.41. The van der Waals surface area contributed by atoms with Crippen molar-refractivity contribution in [2.45, 2.75) is 32.9 Å². The minimum Gasteiger partial charge on any atom is -0.246 e. The van der Waals surface area contributed by atoms with Gasteiger partial charge in [0.1, 0.15) is 6.17 Å². The van der Waals surface area contributed by atoms with E-state index in [1.807, 2.05) is 13.8 Å². The van der Waals surface area contributed by atoms with Crippen LogP contribution in [0.25, 0.3) is 0 Å². The van der Waals surface area contributed by atoms with Gasteiger partial charge in [-0.15, -0.1) is 0 Å². The highest BCUT2D eigenvalue weighted by Gasteiger charge is 2.41. The number of hydrogen-bond acceptors (Lipinski definition) is 2. The smallest absolute Gasteiger partial charge is 0.153 e. The largest absolute Gasteiger partial charge is 0.246 e. The average Bonchev–Trinajstić information content (AvgIpc) is 1.97. The number of alkyl halides is 1. The van der Waals surface area contributed by atoms with Crippen molar-refractivity contribution in [2.24, 2.45) is 5.41 Å². The van der Waals surface area contributed by atoms with Crippen molar-refractivity contribution in [1.82, 2.24) is 0 Å². The fraction of sp³-hybridized carbons (Fsp3) is 1.00. The Kier molecular flexibility index (Phi) is 2.47. The quantitative estimate of drug-likeness (QED) is 0.635. The topological polar surface area (TPSA) is 34.1 Å². The Hall–Kier alpha value is -0.120. The first kappa shape index (κ1) is 9.96. The predicted octanol–water partition coefficient (Wildman–Crippen LogP) is 1.56. The van der Waals surface area contributed by atoms with Crippen LogP contribution in [-0.4, -0.2) is 26.1 Å². The average molecular weight is 194 g/mol. The highest BCUT2D eigenvalue weighted by molar-refractivity contribution is 7.91. The number of sulfone groups is 1. The predicted molar refractivity (Wildman–Crippen MR) is 46.6 cm³/mol. The first-order chi connectivity index (χ1) is 5.40. The molecule has 0 N–H and O–H groups in total. The summed E-state index contributed by atoms with van der Waals surface area (Å²) in [5.74, 6) is -0.130. The molecule has 0 radical (unpaired) electrons. The van der Waals surface area contributed by atoms with E-state index in [0.29, 0.717) is 12.8 Å². The molecule has 1 saturated heterocycles. The van der Waals surface area contributed by atoms with E-state index in [4.69, 9.17) is 0 Å². The summed E-state index contributed by atoms with van der Waals surface area (Å²) < 4.78 is 35.4. The van der Waals surface area contributed by atoms with Crippen LogP contribution in [0.2, 0.25) is 0 Å². The normalized spacial score (nSPS) is 41.1. The van der Waals surface area contributed by atoms with Gasteiger partial charge in [-0.25, -0.2) is 12.8 Å². The van der Waals surface area contributed by atoms with Crippen molar-refractivity contribution in [3.8, 4) is 0 Å². The molecule has 2 unspecified atom stereocenters. The number of halogens is 1. The molecule has 2 nitrogen and oxygen atoms in total. The molecule has 12 heavy (non-hydrogen) atoms. The summed E-state index contributed by atoms with van der Waals surface area (Å²) in [4.78, 5) is 0. The first-order valence-corrected chi connectivity index (χ1v) is 6.06. The molecule has 1 heterocycles. The Morgan fingerprint density at radius 2 is 2.17 bits per heavy atom. The summed E-state index contributed by atoms with van der Waals surface area (Å²) in [6.07, 6.45) is -0.00213. The minimum atomic E-state index is -3.09. The molecule has 0 bridgehead atoms. The molecule has 0 aromatic heterocycles. The third-order valence-electron chi connectivity index (χ3n) is 2.95. The molecule has 0 saturated carbocycles. The minimum absolute atomic E-state index is 0.151. The molecular weight excluding hydrogens is 179 g/mol. The maximum absolute atomic E-state index is 13.3. The van der Waals surface area contributed by atoms with Gasteiger partial charge < -0.3 is 0 Å². The van der Waals surface area contributed by atoms with Gasteiger partial charge in [0.15, 0.2) is 9.84 Å². The van der Waals surface area contributed by atoms with Gasteiger partial charge in [0.2, 0.25) is 0 Å². The van der Waals surface area contributed by atoms with E-state index in [-0.39, 0.29) is 11.5 Å². The van der Waals surface area contributed by atoms with E-state index < -0.39 is 21.4 Å².